The van der Waals surface area contributed by atoms with E-state index in [1.54, 1.807) is 18.2 Å². The van der Waals surface area contributed by atoms with Crippen molar-refractivity contribution in [3.8, 4) is 5.75 Å². The summed E-state index contributed by atoms with van der Waals surface area (Å²) in [5.41, 5.74) is 6.67. The highest BCUT2D eigenvalue weighted by molar-refractivity contribution is 6.42. The van der Waals surface area contributed by atoms with Crippen molar-refractivity contribution >= 4 is 46.5 Å². The molecule has 2 aromatic carbocycles. The van der Waals surface area contributed by atoms with E-state index in [4.69, 9.17) is 45.3 Å². The number of urea groups is 1. The largest absolute Gasteiger partial charge is 0.489 e. The molecule has 1 aliphatic rings. The van der Waals surface area contributed by atoms with E-state index in [0.717, 1.165) is 38.0 Å². The Hall–Kier alpha value is -1.70. The predicted octanol–water partition coefficient (Wildman–Crippen LogP) is 4.79. The molecule has 6 nitrogen and oxygen atoms in total. The van der Waals surface area contributed by atoms with Crippen molar-refractivity contribution in [3.63, 3.8) is 0 Å². The van der Waals surface area contributed by atoms with Crippen LogP contribution in [0.15, 0.2) is 36.4 Å². The number of benzene rings is 2. The van der Waals surface area contributed by atoms with Gasteiger partial charge in [0, 0.05) is 11.6 Å². The normalized spacial score (nSPS) is 16.3. The fourth-order valence-electron chi connectivity index (χ4n) is 3.56. The number of anilines is 1. The molecule has 1 saturated heterocycles. The van der Waals surface area contributed by atoms with E-state index in [1.165, 1.54) is 0 Å². The molecule has 1 aliphatic heterocycles. The molecule has 162 valence electrons. The molecule has 30 heavy (non-hydrogen) atoms. The summed E-state index contributed by atoms with van der Waals surface area (Å²) in [6, 6.07) is 9.81. The molecule has 1 heterocycles. The molecule has 0 saturated carbocycles. The first kappa shape index (κ1) is 23.0. The SMILES string of the molecule is NC(=O)Nc1cc(Cl)ccc1OCC(O)C1CCN(Cc2ccc(Cl)c(Cl)c2)CC1. The number of primary amides is 1. The van der Waals surface area contributed by atoms with Gasteiger partial charge in [-0.3, -0.25) is 4.90 Å². The average molecular weight is 473 g/mol. The summed E-state index contributed by atoms with van der Waals surface area (Å²) in [6.07, 6.45) is 1.10. The molecular weight excluding hydrogens is 449 g/mol. The Morgan fingerprint density at radius 2 is 1.90 bits per heavy atom. The Balaban J connectivity index is 1.49. The van der Waals surface area contributed by atoms with Gasteiger partial charge >= 0.3 is 6.03 Å². The van der Waals surface area contributed by atoms with Crippen molar-refractivity contribution in [2.45, 2.75) is 25.5 Å². The van der Waals surface area contributed by atoms with E-state index in [-0.39, 0.29) is 12.5 Å². The molecule has 1 unspecified atom stereocenters. The first-order valence-corrected chi connectivity index (χ1v) is 10.8. The second-order valence-corrected chi connectivity index (χ2v) is 8.62. The number of rotatable bonds is 7. The van der Waals surface area contributed by atoms with Crippen molar-refractivity contribution in [2.24, 2.45) is 11.7 Å². The highest BCUT2D eigenvalue weighted by atomic mass is 35.5. The number of nitrogens with zero attached hydrogens (tertiary/aromatic N) is 1. The van der Waals surface area contributed by atoms with Gasteiger partial charge in [0.1, 0.15) is 12.4 Å². The molecule has 2 amide bonds. The molecule has 1 fully saturated rings. The fraction of sp³-hybridized carbons (Fsp3) is 0.381. The number of aliphatic hydroxyl groups excluding tert-OH is 1. The van der Waals surface area contributed by atoms with Gasteiger partial charge in [-0.25, -0.2) is 4.79 Å². The smallest absolute Gasteiger partial charge is 0.316 e. The standard InChI is InChI=1S/C21H24Cl3N3O3/c22-15-2-4-20(18(10-15)26-21(25)29)30-12-19(28)14-5-7-27(8-6-14)11-13-1-3-16(23)17(24)9-13/h1-4,9-10,14,19,28H,5-8,11-12H2,(H3,25,26,29). The monoisotopic (exact) mass is 471 g/mol. The zero-order chi connectivity index (χ0) is 21.7. The number of hydrogen-bond donors (Lipinski definition) is 3. The lowest BCUT2D eigenvalue weighted by Gasteiger charge is -2.34. The minimum Gasteiger partial charge on any atom is -0.489 e. The molecule has 0 aliphatic carbocycles. The molecule has 0 spiro atoms. The number of amides is 2. The molecule has 4 N–H and O–H groups in total. The van der Waals surface area contributed by atoms with Gasteiger partial charge in [-0.05, 0) is 67.7 Å². The highest BCUT2D eigenvalue weighted by Crippen LogP contribution is 2.30. The summed E-state index contributed by atoms with van der Waals surface area (Å²) in [4.78, 5) is 13.5. The maximum Gasteiger partial charge on any atom is 0.316 e. The Kier molecular flexibility index (Phi) is 8.08. The number of hydrogen-bond acceptors (Lipinski definition) is 4. The second kappa shape index (κ2) is 10.6. The number of halogens is 3. The maximum atomic E-state index is 11.2. The van der Waals surface area contributed by atoms with Crippen molar-refractivity contribution in [1.29, 1.82) is 0 Å². The first-order chi connectivity index (χ1) is 14.3. The molecular formula is C21H24Cl3N3O3. The first-order valence-electron chi connectivity index (χ1n) is 9.65. The number of nitrogens with two attached hydrogens (primary N) is 1. The summed E-state index contributed by atoms with van der Waals surface area (Å²) in [7, 11) is 0. The van der Waals surface area contributed by atoms with Crippen LogP contribution in [-0.2, 0) is 6.54 Å². The lowest BCUT2D eigenvalue weighted by atomic mass is 9.91. The number of ether oxygens (including phenoxy) is 1. The molecule has 1 atom stereocenters. The van der Waals surface area contributed by atoms with Crippen LogP contribution in [0.5, 0.6) is 5.75 Å². The maximum absolute atomic E-state index is 11.2. The number of likely N-dealkylation sites (tertiary alicyclic amines) is 1. The summed E-state index contributed by atoms with van der Waals surface area (Å²) < 4.78 is 5.74. The van der Waals surface area contributed by atoms with Crippen molar-refractivity contribution in [3.05, 3.63) is 57.0 Å². The van der Waals surface area contributed by atoms with Crippen LogP contribution in [0.1, 0.15) is 18.4 Å². The third kappa shape index (κ3) is 6.40. The van der Waals surface area contributed by atoms with Crippen LogP contribution in [-0.4, -0.2) is 41.8 Å². The molecule has 0 bridgehead atoms. The summed E-state index contributed by atoms with van der Waals surface area (Å²) in [6.45, 7) is 2.66. The van der Waals surface area contributed by atoms with E-state index in [0.29, 0.717) is 26.5 Å². The van der Waals surface area contributed by atoms with E-state index in [9.17, 15) is 9.90 Å². The van der Waals surface area contributed by atoms with E-state index in [2.05, 4.69) is 10.2 Å². The molecule has 9 heteroatoms. The zero-order valence-electron chi connectivity index (χ0n) is 16.3. The number of nitrogens with one attached hydrogen (secondary N) is 1. The van der Waals surface area contributed by atoms with Crippen LogP contribution in [0, 0.1) is 5.92 Å². The third-order valence-electron chi connectivity index (χ3n) is 5.18. The lowest BCUT2D eigenvalue weighted by molar-refractivity contribution is 0.0247. The van der Waals surface area contributed by atoms with Crippen molar-refractivity contribution < 1.29 is 14.6 Å². The van der Waals surface area contributed by atoms with E-state index < -0.39 is 12.1 Å². The Labute approximate surface area is 190 Å². The molecule has 3 rings (SSSR count). The van der Waals surface area contributed by atoms with Gasteiger partial charge in [-0.2, -0.15) is 0 Å². The lowest BCUT2D eigenvalue weighted by Crippen LogP contribution is -2.39. The highest BCUT2D eigenvalue weighted by Gasteiger charge is 2.26. The van der Waals surface area contributed by atoms with Gasteiger partial charge in [-0.15, -0.1) is 0 Å². The van der Waals surface area contributed by atoms with Crippen LogP contribution in [0.2, 0.25) is 15.1 Å². The summed E-state index contributed by atoms with van der Waals surface area (Å²) >= 11 is 18.0. The van der Waals surface area contributed by atoms with Gasteiger partial charge in [0.2, 0.25) is 0 Å². The molecule has 0 aromatic heterocycles. The third-order valence-corrected chi connectivity index (χ3v) is 6.15. The van der Waals surface area contributed by atoms with Gasteiger partial charge in [0.25, 0.3) is 0 Å². The number of carbonyl (C=O) groups is 1. The van der Waals surface area contributed by atoms with Crippen molar-refractivity contribution in [2.75, 3.05) is 25.0 Å². The van der Waals surface area contributed by atoms with Gasteiger partial charge < -0.3 is 20.9 Å². The second-order valence-electron chi connectivity index (χ2n) is 7.37. The van der Waals surface area contributed by atoms with Crippen LogP contribution in [0.3, 0.4) is 0 Å². The summed E-state index contributed by atoms with van der Waals surface area (Å²) in [5, 5.41) is 14.6. The van der Waals surface area contributed by atoms with Gasteiger partial charge in [0.05, 0.1) is 21.8 Å². The summed E-state index contributed by atoms with van der Waals surface area (Å²) in [5.74, 6) is 0.546. The van der Waals surface area contributed by atoms with Crippen LogP contribution in [0.4, 0.5) is 10.5 Å². The van der Waals surface area contributed by atoms with E-state index in [1.807, 2.05) is 18.2 Å². The van der Waals surface area contributed by atoms with E-state index >= 15 is 0 Å². The molecule has 0 radical (unpaired) electrons. The fourth-order valence-corrected chi connectivity index (χ4v) is 4.05. The average Bonchev–Trinajstić information content (AvgIpc) is 2.70. The quantitative estimate of drug-likeness (QED) is 0.541. The van der Waals surface area contributed by atoms with Crippen molar-refractivity contribution in [1.82, 2.24) is 4.90 Å². The Morgan fingerprint density at radius 3 is 2.57 bits per heavy atom. The minimum absolute atomic E-state index is 0.118. The Bertz CT molecular complexity index is 889. The number of aliphatic hydroxyl groups is 1. The van der Waals surface area contributed by atoms with Gasteiger partial charge in [0.15, 0.2) is 0 Å². The minimum atomic E-state index is -0.711. The zero-order valence-corrected chi connectivity index (χ0v) is 18.6. The molecule has 2 aromatic rings. The number of carbonyl (C=O) groups excluding carboxylic acids is 1. The number of piperidine rings is 1. The van der Waals surface area contributed by atoms with Crippen LogP contribution in [0.25, 0.3) is 0 Å². The van der Waals surface area contributed by atoms with Crippen LogP contribution >= 0.6 is 34.8 Å². The van der Waals surface area contributed by atoms with Crippen LogP contribution < -0.4 is 15.8 Å². The Morgan fingerprint density at radius 1 is 1.17 bits per heavy atom. The predicted molar refractivity (Wildman–Crippen MR) is 121 cm³/mol. The topological polar surface area (TPSA) is 87.8 Å². The van der Waals surface area contributed by atoms with Gasteiger partial charge in [-0.1, -0.05) is 40.9 Å².